The van der Waals surface area contributed by atoms with Gasteiger partial charge in [0.25, 0.3) is 0 Å². The maximum absolute atomic E-state index is 13.5. The van der Waals surface area contributed by atoms with Crippen LogP contribution in [0.15, 0.2) is 12.1 Å². The van der Waals surface area contributed by atoms with Crippen molar-refractivity contribution in [3.63, 3.8) is 0 Å². The molecule has 2 rings (SSSR count). The van der Waals surface area contributed by atoms with Gasteiger partial charge in [-0.1, -0.05) is 19.8 Å². The predicted octanol–water partition coefficient (Wildman–Crippen LogP) is 3.72. The van der Waals surface area contributed by atoms with Crippen molar-refractivity contribution < 1.29 is 18.3 Å². The fourth-order valence-electron chi connectivity index (χ4n) is 2.62. The summed E-state index contributed by atoms with van der Waals surface area (Å²) in [5, 5.41) is 10.1. The van der Waals surface area contributed by atoms with Crippen LogP contribution in [0.5, 0.6) is 0 Å². The summed E-state index contributed by atoms with van der Waals surface area (Å²) in [6.07, 6.45) is 2.12. The molecule has 0 saturated heterocycles. The zero-order valence-electron chi connectivity index (χ0n) is 9.64. The van der Waals surface area contributed by atoms with Crippen LogP contribution in [0, 0.1) is 22.9 Å². The summed E-state index contributed by atoms with van der Waals surface area (Å²) < 4.78 is 39.9. The first kappa shape index (κ1) is 12.4. The van der Waals surface area contributed by atoms with Gasteiger partial charge in [-0.2, -0.15) is 0 Å². The summed E-state index contributed by atoms with van der Waals surface area (Å²) in [7, 11) is 0. The van der Waals surface area contributed by atoms with E-state index in [1.165, 1.54) is 0 Å². The van der Waals surface area contributed by atoms with Crippen molar-refractivity contribution in [1.82, 2.24) is 0 Å². The molecule has 0 heterocycles. The van der Waals surface area contributed by atoms with Crippen molar-refractivity contribution in [1.29, 1.82) is 0 Å². The second-order valence-electron chi connectivity index (χ2n) is 5.05. The molecule has 0 aromatic heterocycles. The second kappa shape index (κ2) is 4.33. The minimum Gasteiger partial charge on any atom is -0.388 e. The highest BCUT2D eigenvalue weighted by molar-refractivity contribution is 5.25. The van der Waals surface area contributed by atoms with Gasteiger partial charge in [-0.05, 0) is 18.3 Å². The lowest BCUT2D eigenvalue weighted by Crippen LogP contribution is -2.24. The van der Waals surface area contributed by atoms with E-state index in [1.807, 2.05) is 6.92 Å². The first-order chi connectivity index (χ1) is 7.94. The molecule has 0 radical (unpaired) electrons. The third-order valence-electron chi connectivity index (χ3n) is 3.72. The molecular weight excluding hydrogens is 229 g/mol. The van der Waals surface area contributed by atoms with E-state index in [4.69, 9.17) is 0 Å². The average molecular weight is 244 g/mol. The van der Waals surface area contributed by atoms with E-state index in [2.05, 4.69) is 0 Å². The number of benzene rings is 1. The normalized spacial score (nSPS) is 20.5. The van der Waals surface area contributed by atoms with Crippen LogP contribution in [0.3, 0.4) is 0 Å². The van der Waals surface area contributed by atoms with E-state index in [0.717, 1.165) is 25.7 Å². The Labute approximate surface area is 98.3 Å². The zero-order chi connectivity index (χ0) is 12.6. The van der Waals surface area contributed by atoms with Crippen LogP contribution >= 0.6 is 0 Å². The van der Waals surface area contributed by atoms with Gasteiger partial charge in [-0.25, -0.2) is 13.2 Å². The highest BCUT2D eigenvalue weighted by Gasteiger charge is 2.39. The molecular formula is C13H15F3O. The van der Waals surface area contributed by atoms with Gasteiger partial charge < -0.3 is 5.11 Å². The lowest BCUT2D eigenvalue weighted by Gasteiger charge is -2.30. The molecule has 1 nitrogen and oxygen atoms in total. The van der Waals surface area contributed by atoms with Crippen LogP contribution in [-0.4, -0.2) is 5.11 Å². The van der Waals surface area contributed by atoms with Gasteiger partial charge in [0.15, 0.2) is 0 Å². The van der Waals surface area contributed by atoms with Crippen LogP contribution in [0.1, 0.15) is 44.3 Å². The summed E-state index contributed by atoms with van der Waals surface area (Å²) >= 11 is 0. The first-order valence-electron chi connectivity index (χ1n) is 5.76. The molecule has 4 heteroatoms. The molecule has 1 saturated carbocycles. The standard InChI is InChI=1S/C13H15F3O/c1-13(4-2-3-5-13)12(17)11-9(15)6-8(14)7-10(11)16/h6-7,12,17H,2-5H2,1H3. The first-order valence-corrected chi connectivity index (χ1v) is 5.76. The summed E-state index contributed by atoms with van der Waals surface area (Å²) in [6, 6.07) is 1.22. The Bertz CT molecular complexity index is 402. The van der Waals surface area contributed by atoms with Crippen LogP contribution in [0.25, 0.3) is 0 Å². The van der Waals surface area contributed by atoms with E-state index in [0.29, 0.717) is 12.1 Å². The Morgan fingerprint density at radius 2 is 1.59 bits per heavy atom. The number of aliphatic hydroxyl groups excluding tert-OH is 1. The fourth-order valence-corrected chi connectivity index (χ4v) is 2.62. The molecule has 1 aliphatic rings. The molecule has 0 amide bonds. The van der Waals surface area contributed by atoms with E-state index in [-0.39, 0.29) is 0 Å². The van der Waals surface area contributed by atoms with Crippen LogP contribution in [-0.2, 0) is 0 Å². The smallest absolute Gasteiger partial charge is 0.134 e. The average Bonchev–Trinajstić information content (AvgIpc) is 2.64. The predicted molar refractivity (Wildman–Crippen MR) is 57.9 cm³/mol. The topological polar surface area (TPSA) is 20.2 Å². The monoisotopic (exact) mass is 244 g/mol. The van der Waals surface area contributed by atoms with Crippen molar-refractivity contribution in [2.24, 2.45) is 5.41 Å². The van der Waals surface area contributed by atoms with Crippen molar-refractivity contribution in [3.05, 3.63) is 35.1 Å². The fraction of sp³-hybridized carbons (Fsp3) is 0.538. The van der Waals surface area contributed by atoms with Gasteiger partial charge in [0.1, 0.15) is 17.5 Å². The van der Waals surface area contributed by atoms with Crippen molar-refractivity contribution in [2.45, 2.75) is 38.7 Å². The number of aliphatic hydroxyl groups is 1. The zero-order valence-corrected chi connectivity index (χ0v) is 9.64. The van der Waals surface area contributed by atoms with E-state index in [1.54, 1.807) is 0 Å². The van der Waals surface area contributed by atoms with E-state index >= 15 is 0 Å². The van der Waals surface area contributed by atoms with Crippen molar-refractivity contribution >= 4 is 0 Å². The van der Waals surface area contributed by atoms with Crippen molar-refractivity contribution in [2.75, 3.05) is 0 Å². The quantitative estimate of drug-likeness (QED) is 0.840. The Balaban J connectivity index is 2.40. The molecule has 1 aliphatic carbocycles. The minimum atomic E-state index is -1.22. The van der Waals surface area contributed by atoms with Gasteiger partial charge in [0.05, 0.1) is 11.7 Å². The molecule has 17 heavy (non-hydrogen) atoms. The molecule has 1 fully saturated rings. The van der Waals surface area contributed by atoms with Gasteiger partial charge in [-0.15, -0.1) is 0 Å². The molecule has 1 aromatic rings. The Kier molecular flexibility index (Phi) is 3.17. The lowest BCUT2D eigenvalue weighted by molar-refractivity contribution is 0.0348. The minimum absolute atomic E-state index is 0.407. The van der Waals surface area contributed by atoms with Gasteiger partial charge >= 0.3 is 0 Å². The number of hydrogen-bond acceptors (Lipinski definition) is 1. The largest absolute Gasteiger partial charge is 0.388 e. The summed E-state index contributed by atoms with van der Waals surface area (Å²) in [5.74, 6) is -2.99. The highest BCUT2D eigenvalue weighted by Crippen LogP contribution is 2.48. The van der Waals surface area contributed by atoms with Crippen molar-refractivity contribution in [3.8, 4) is 0 Å². The van der Waals surface area contributed by atoms with Gasteiger partial charge in [-0.3, -0.25) is 0 Å². The molecule has 1 unspecified atom stereocenters. The number of halogens is 3. The molecule has 0 spiro atoms. The van der Waals surface area contributed by atoms with E-state index in [9.17, 15) is 18.3 Å². The van der Waals surface area contributed by atoms with Gasteiger partial charge in [0, 0.05) is 12.1 Å². The van der Waals surface area contributed by atoms with Crippen LogP contribution < -0.4 is 0 Å². The molecule has 1 aromatic carbocycles. The summed E-state index contributed by atoms with van der Waals surface area (Å²) in [6.45, 7) is 1.81. The Morgan fingerprint density at radius 3 is 2.06 bits per heavy atom. The van der Waals surface area contributed by atoms with Gasteiger partial charge in [0.2, 0.25) is 0 Å². The third-order valence-corrected chi connectivity index (χ3v) is 3.72. The Morgan fingerprint density at radius 1 is 1.12 bits per heavy atom. The number of rotatable bonds is 2. The lowest BCUT2D eigenvalue weighted by atomic mass is 9.79. The molecule has 94 valence electrons. The molecule has 0 aliphatic heterocycles. The highest BCUT2D eigenvalue weighted by atomic mass is 19.1. The molecule has 1 N–H and O–H groups in total. The van der Waals surface area contributed by atoms with Crippen LogP contribution in [0.4, 0.5) is 13.2 Å². The SMILES string of the molecule is CC1(C(O)c2c(F)cc(F)cc2F)CCCC1. The van der Waals surface area contributed by atoms with E-state index < -0.39 is 34.5 Å². The summed E-state index contributed by atoms with van der Waals surface area (Å²) in [4.78, 5) is 0. The Hall–Kier alpha value is -1.03. The van der Waals surface area contributed by atoms with Crippen LogP contribution in [0.2, 0.25) is 0 Å². The number of hydrogen-bond donors (Lipinski definition) is 1. The molecule has 0 bridgehead atoms. The maximum Gasteiger partial charge on any atom is 0.134 e. The maximum atomic E-state index is 13.5. The second-order valence-corrected chi connectivity index (χ2v) is 5.05. The summed E-state index contributed by atoms with van der Waals surface area (Å²) in [5.41, 5.74) is -0.921. The third kappa shape index (κ3) is 2.18. The molecule has 1 atom stereocenters.